The molecule has 0 spiro atoms. The van der Waals surface area contributed by atoms with E-state index in [1.807, 2.05) is 66.7 Å². The molecule has 0 radical (unpaired) electrons. The van der Waals surface area contributed by atoms with E-state index in [1.54, 1.807) is 21.9 Å². The zero-order valence-corrected chi connectivity index (χ0v) is 27.4. The maximum absolute atomic E-state index is 12.1. The number of nitrogen functional groups attached to an aromatic ring is 1. The van der Waals surface area contributed by atoms with Crippen LogP contribution < -0.4 is 15.5 Å². The predicted octanol–water partition coefficient (Wildman–Crippen LogP) is 5.59. The van der Waals surface area contributed by atoms with Crippen molar-refractivity contribution in [3.8, 4) is 0 Å². The fourth-order valence-electron chi connectivity index (χ4n) is 4.93. The summed E-state index contributed by atoms with van der Waals surface area (Å²) in [5.74, 6) is 0. The molecule has 12 nitrogen and oxygen atoms in total. The molecule has 0 saturated carbocycles. The van der Waals surface area contributed by atoms with E-state index in [1.165, 1.54) is 11.6 Å². The average Bonchev–Trinajstić information content (AvgIpc) is 2.93. The summed E-state index contributed by atoms with van der Waals surface area (Å²) in [5.41, 5.74) is 9.96. The Morgan fingerprint density at radius 3 is 1.48 bits per heavy atom. The highest BCUT2D eigenvalue weighted by Gasteiger charge is 2.28. The number of hydrogen-bond donors (Lipinski definition) is 1. The first-order valence-corrected chi connectivity index (χ1v) is 15.0. The Hall–Kier alpha value is -4.22. The number of carbonyl (C=O) groups excluding carboxylic acids is 2. The Bertz CT molecular complexity index is 1320. The van der Waals surface area contributed by atoms with Crippen molar-refractivity contribution >= 4 is 34.9 Å². The van der Waals surface area contributed by atoms with Gasteiger partial charge in [0.15, 0.2) is 0 Å². The number of anilines is 3. The Kier molecular flexibility index (Phi) is 10.9. The van der Waals surface area contributed by atoms with Crippen LogP contribution in [-0.4, -0.2) is 90.5 Å². The number of ether oxygens (including phenoxy) is 2. The number of nitro benzene ring substituents is 1. The van der Waals surface area contributed by atoms with Crippen LogP contribution in [-0.2, 0) is 9.47 Å². The molecule has 0 aromatic heterocycles. The molecule has 0 atom stereocenters. The van der Waals surface area contributed by atoms with E-state index in [9.17, 15) is 19.7 Å². The number of nitro groups is 1. The number of benzene rings is 2. The summed E-state index contributed by atoms with van der Waals surface area (Å²) in [7, 11) is 0. The molecular formula is C32H48N6O6. The molecule has 0 unspecified atom stereocenters. The number of amides is 2. The largest absolute Gasteiger partial charge is 0.444 e. The fraction of sp³-hybridized carbons (Fsp3) is 0.562. The van der Waals surface area contributed by atoms with Gasteiger partial charge in [-0.05, 0) is 78.6 Å². The van der Waals surface area contributed by atoms with Crippen LogP contribution in [0, 0.1) is 24.0 Å². The van der Waals surface area contributed by atoms with Gasteiger partial charge in [0, 0.05) is 81.6 Å². The van der Waals surface area contributed by atoms with Gasteiger partial charge in [0.05, 0.1) is 4.92 Å². The van der Waals surface area contributed by atoms with E-state index in [0.717, 1.165) is 35.7 Å². The van der Waals surface area contributed by atoms with Gasteiger partial charge >= 0.3 is 12.2 Å². The number of rotatable bonds is 3. The molecule has 2 aliphatic rings. The summed E-state index contributed by atoms with van der Waals surface area (Å²) in [6, 6.07) is 10.8. The van der Waals surface area contributed by atoms with Gasteiger partial charge in [-0.2, -0.15) is 0 Å². The van der Waals surface area contributed by atoms with Crippen molar-refractivity contribution < 1.29 is 24.0 Å². The second-order valence-corrected chi connectivity index (χ2v) is 13.2. The van der Waals surface area contributed by atoms with Crippen LogP contribution in [0.4, 0.5) is 32.3 Å². The standard InChI is InChI=1S/C16H23N3O4.C16H25N3O2/c1-12-5-6-13(19(21)22)11-14(12)17-7-9-18(10-8-17)15(20)23-16(2,3)4;1-12-5-6-13(17)11-14(12)18-7-9-19(10-8-18)15(20)21-16(2,3)4/h5-6,11H,7-10H2,1-4H3;5-6,11H,7-10,17H2,1-4H3. The normalized spacial score (nSPS) is 15.7. The van der Waals surface area contributed by atoms with E-state index in [-0.39, 0.29) is 22.8 Å². The Balaban J connectivity index is 0.000000241. The van der Waals surface area contributed by atoms with E-state index >= 15 is 0 Å². The minimum absolute atomic E-state index is 0.0835. The van der Waals surface area contributed by atoms with E-state index < -0.39 is 11.2 Å². The molecule has 12 heteroatoms. The molecule has 2 aliphatic heterocycles. The number of carbonyl (C=O) groups is 2. The Morgan fingerprint density at radius 1 is 0.705 bits per heavy atom. The highest BCUT2D eigenvalue weighted by Crippen LogP contribution is 2.27. The zero-order valence-electron chi connectivity index (χ0n) is 27.4. The lowest BCUT2D eigenvalue weighted by molar-refractivity contribution is -0.384. The molecule has 2 N–H and O–H groups in total. The van der Waals surface area contributed by atoms with Crippen LogP contribution in [0.15, 0.2) is 36.4 Å². The summed E-state index contributed by atoms with van der Waals surface area (Å²) in [6.45, 7) is 20.4. The second-order valence-electron chi connectivity index (χ2n) is 13.2. The third-order valence-corrected chi connectivity index (χ3v) is 7.18. The van der Waals surface area contributed by atoms with Gasteiger partial charge in [-0.1, -0.05) is 12.1 Å². The van der Waals surface area contributed by atoms with Crippen LogP contribution in [0.1, 0.15) is 52.7 Å². The lowest BCUT2D eigenvalue weighted by Gasteiger charge is -2.37. The van der Waals surface area contributed by atoms with E-state index in [4.69, 9.17) is 15.2 Å². The second kappa shape index (κ2) is 14.0. The summed E-state index contributed by atoms with van der Waals surface area (Å²) in [5, 5.41) is 10.9. The van der Waals surface area contributed by atoms with Crippen molar-refractivity contribution in [3.63, 3.8) is 0 Å². The highest BCUT2D eigenvalue weighted by atomic mass is 16.6. The maximum atomic E-state index is 12.1. The zero-order chi connectivity index (χ0) is 32.8. The highest BCUT2D eigenvalue weighted by molar-refractivity contribution is 5.70. The van der Waals surface area contributed by atoms with Gasteiger partial charge in [-0.3, -0.25) is 10.1 Å². The first kappa shape index (κ1) is 34.3. The van der Waals surface area contributed by atoms with Crippen molar-refractivity contribution in [1.82, 2.24) is 9.80 Å². The number of piperazine rings is 2. The number of nitrogens with two attached hydrogens (primary N) is 1. The van der Waals surface area contributed by atoms with E-state index in [0.29, 0.717) is 39.3 Å². The van der Waals surface area contributed by atoms with Gasteiger partial charge in [-0.25, -0.2) is 9.59 Å². The first-order chi connectivity index (χ1) is 20.4. The molecule has 242 valence electrons. The minimum Gasteiger partial charge on any atom is -0.444 e. The van der Waals surface area contributed by atoms with Crippen LogP contribution >= 0.6 is 0 Å². The monoisotopic (exact) mass is 612 g/mol. The summed E-state index contributed by atoms with van der Waals surface area (Å²) >= 11 is 0. The number of non-ortho nitro benzene ring substituents is 1. The van der Waals surface area contributed by atoms with Gasteiger partial charge in [-0.15, -0.1) is 0 Å². The molecular weight excluding hydrogens is 564 g/mol. The summed E-state index contributed by atoms with van der Waals surface area (Å²) in [4.78, 5) is 42.4. The van der Waals surface area contributed by atoms with Crippen molar-refractivity contribution in [1.29, 1.82) is 0 Å². The lowest BCUT2D eigenvalue weighted by atomic mass is 10.1. The van der Waals surface area contributed by atoms with Crippen LogP contribution in [0.5, 0.6) is 0 Å². The molecule has 44 heavy (non-hydrogen) atoms. The maximum Gasteiger partial charge on any atom is 0.410 e. The number of hydrogen-bond acceptors (Lipinski definition) is 9. The number of nitrogens with zero attached hydrogens (tertiary/aromatic N) is 5. The minimum atomic E-state index is -0.509. The molecule has 0 bridgehead atoms. The molecule has 2 aromatic rings. The smallest absolute Gasteiger partial charge is 0.410 e. The van der Waals surface area contributed by atoms with E-state index in [2.05, 4.69) is 16.7 Å². The van der Waals surface area contributed by atoms with Crippen molar-refractivity contribution in [2.45, 2.75) is 66.6 Å². The molecule has 2 fully saturated rings. The summed E-state index contributed by atoms with van der Waals surface area (Å²) in [6.07, 6.45) is -0.542. The van der Waals surface area contributed by atoms with Gasteiger partial charge in [0.2, 0.25) is 0 Å². The van der Waals surface area contributed by atoms with Gasteiger partial charge in [0.1, 0.15) is 11.2 Å². The molecule has 2 aromatic carbocycles. The Labute approximate surface area is 260 Å². The van der Waals surface area contributed by atoms with Crippen molar-refractivity contribution in [3.05, 3.63) is 57.6 Å². The van der Waals surface area contributed by atoms with Crippen LogP contribution in [0.25, 0.3) is 0 Å². The van der Waals surface area contributed by atoms with Gasteiger partial charge < -0.3 is 34.8 Å². The third kappa shape index (κ3) is 9.92. The summed E-state index contributed by atoms with van der Waals surface area (Å²) < 4.78 is 10.8. The van der Waals surface area contributed by atoms with Crippen LogP contribution in [0.3, 0.4) is 0 Å². The SMILES string of the molecule is Cc1ccc(N)cc1N1CCN(C(=O)OC(C)(C)C)CC1.Cc1ccc([N+](=O)[O-])cc1N1CCN(C(=O)OC(C)(C)C)CC1. The molecule has 2 amide bonds. The quantitative estimate of drug-likeness (QED) is 0.267. The van der Waals surface area contributed by atoms with Crippen LogP contribution in [0.2, 0.25) is 0 Å². The number of aryl methyl sites for hydroxylation is 2. The lowest BCUT2D eigenvalue weighted by Crippen LogP contribution is -2.50. The molecule has 2 heterocycles. The Morgan fingerprint density at radius 2 is 1.09 bits per heavy atom. The molecule has 2 saturated heterocycles. The van der Waals surface area contributed by atoms with Crippen molar-refractivity contribution in [2.24, 2.45) is 0 Å². The van der Waals surface area contributed by atoms with Gasteiger partial charge in [0.25, 0.3) is 5.69 Å². The fourth-order valence-corrected chi connectivity index (χ4v) is 4.93. The average molecular weight is 613 g/mol. The van der Waals surface area contributed by atoms with Crippen molar-refractivity contribution in [2.75, 3.05) is 67.9 Å². The predicted molar refractivity (Wildman–Crippen MR) is 173 cm³/mol. The molecule has 0 aliphatic carbocycles. The third-order valence-electron chi connectivity index (χ3n) is 7.18. The molecule has 4 rings (SSSR count). The topological polar surface area (TPSA) is 135 Å². The first-order valence-electron chi connectivity index (χ1n) is 15.0.